The molecule has 0 unspecified atom stereocenters. The molecular formula is C30H20BrClN2O4. The summed E-state index contributed by atoms with van der Waals surface area (Å²) in [6, 6.07) is 28.9. The number of nitrogens with zero attached hydrogens (tertiary/aromatic N) is 2. The van der Waals surface area contributed by atoms with Gasteiger partial charge in [0.05, 0.1) is 11.4 Å². The van der Waals surface area contributed by atoms with Crippen molar-refractivity contribution in [3.8, 4) is 5.75 Å². The summed E-state index contributed by atoms with van der Waals surface area (Å²) in [5.74, 6) is -0.977. The van der Waals surface area contributed by atoms with Crippen LogP contribution in [0.4, 0.5) is 16.2 Å². The first-order valence-corrected chi connectivity index (χ1v) is 12.8. The van der Waals surface area contributed by atoms with Gasteiger partial charge in [0.2, 0.25) is 0 Å². The third-order valence-corrected chi connectivity index (χ3v) is 6.60. The number of urea groups is 1. The van der Waals surface area contributed by atoms with Crippen molar-refractivity contribution in [2.45, 2.75) is 6.61 Å². The SMILES string of the molecule is O=C1C(=Cc2cc(Br)ccc2OCc2ccc(Cl)cc2)C(=O)N(c2ccccc2)C(=O)N1c1ccccc1. The highest BCUT2D eigenvalue weighted by atomic mass is 79.9. The topological polar surface area (TPSA) is 66.9 Å². The van der Waals surface area contributed by atoms with Gasteiger partial charge in [0, 0.05) is 15.1 Å². The molecule has 1 heterocycles. The van der Waals surface area contributed by atoms with Gasteiger partial charge in [0.25, 0.3) is 11.8 Å². The van der Waals surface area contributed by atoms with Crippen molar-refractivity contribution in [2.75, 3.05) is 9.80 Å². The highest BCUT2D eigenvalue weighted by Gasteiger charge is 2.43. The number of ether oxygens (including phenoxy) is 1. The normalized spacial score (nSPS) is 13.6. The monoisotopic (exact) mass is 586 g/mol. The first-order chi connectivity index (χ1) is 18.4. The maximum absolute atomic E-state index is 13.7. The number of halogens is 2. The number of anilines is 2. The summed E-state index contributed by atoms with van der Waals surface area (Å²) in [6.45, 7) is 0.252. The average molecular weight is 588 g/mol. The van der Waals surface area contributed by atoms with E-state index in [9.17, 15) is 14.4 Å². The minimum atomic E-state index is -0.747. The van der Waals surface area contributed by atoms with Gasteiger partial charge in [-0.15, -0.1) is 0 Å². The Labute approximate surface area is 232 Å². The maximum atomic E-state index is 13.7. The molecule has 0 atom stereocenters. The molecule has 0 spiro atoms. The van der Waals surface area contributed by atoms with E-state index in [-0.39, 0.29) is 12.2 Å². The Morgan fingerprint density at radius 2 is 1.29 bits per heavy atom. The van der Waals surface area contributed by atoms with Crippen molar-refractivity contribution >= 4 is 62.8 Å². The summed E-state index contributed by atoms with van der Waals surface area (Å²) in [5.41, 5.74) is 1.94. The summed E-state index contributed by atoms with van der Waals surface area (Å²) in [6.07, 6.45) is 1.46. The standard InChI is InChI=1S/C30H20BrClN2O4/c31-22-13-16-27(38-19-20-11-14-23(32)15-12-20)21(17-22)18-26-28(35)33(24-7-3-1-4-8-24)30(37)34(29(26)36)25-9-5-2-6-10-25/h1-18H,19H2. The number of para-hydroxylation sites is 2. The summed E-state index contributed by atoms with van der Waals surface area (Å²) in [7, 11) is 0. The molecular weight excluding hydrogens is 568 g/mol. The van der Waals surface area contributed by atoms with E-state index in [1.807, 2.05) is 12.1 Å². The molecule has 5 rings (SSSR count). The van der Waals surface area contributed by atoms with Gasteiger partial charge in [-0.2, -0.15) is 0 Å². The molecule has 8 heteroatoms. The zero-order valence-corrected chi connectivity index (χ0v) is 22.2. The zero-order valence-electron chi connectivity index (χ0n) is 19.9. The molecule has 0 N–H and O–H groups in total. The second-order valence-electron chi connectivity index (χ2n) is 8.39. The lowest BCUT2D eigenvalue weighted by molar-refractivity contribution is -0.121. The Hall–Kier alpha value is -4.20. The van der Waals surface area contributed by atoms with Crippen LogP contribution >= 0.6 is 27.5 Å². The van der Waals surface area contributed by atoms with Gasteiger partial charge in [0.1, 0.15) is 17.9 Å². The molecule has 0 aliphatic carbocycles. The maximum Gasteiger partial charge on any atom is 0.343 e. The van der Waals surface area contributed by atoms with E-state index in [1.54, 1.807) is 91.0 Å². The molecule has 0 bridgehead atoms. The van der Waals surface area contributed by atoms with Crippen LogP contribution in [-0.4, -0.2) is 17.8 Å². The molecule has 4 aromatic rings. The predicted octanol–water partition coefficient (Wildman–Crippen LogP) is 7.26. The van der Waals surface area contributed by atoms with Crippen LogP contribution in [0.5, 0.6) is 5.75 Å². The zero-order chi connectivity index (χ0) is 26.6. The van der Waals surface area contributed by atoms with Crippen molar-refractivity contribution in [3.63, 3.8) is 0 Å². The van der Waals surface area contributed by atoms with E-state index >= 15 is 0 Å². The number of hydrogen-bond acceptors (Lipinski definition) is 4. The van der Waals surface area contributed by atoms with Gasteiger partial charge in [0.15, 0.2) is 0 Å². The number of imide groups is 2. The molecule has 4 amide bonds. The van der Waals surface area contributed by atoms with Crippen LogP contribution in [0, 0.1) is 0 Å². The fraction of sp³-hybridized carbons (Fsp3) is 0.0333. The lowest BCUT2D eigenvalue weighted by Gasteiger charge is -2.34. The van der Waals surface area contributed by atoms with Gasteiger partial charge >= 0.3 is 6.03 Å². The van der Waals surface area contributed by atoms with Crippen LogP contribution in [0.15, 0.2) is 113 Å². The number of benzene rings is 4. The largest absolute Gasteiger partial charge is 0.488 e. The van der Waals surface area contributed by atoms with E-state index in [0.717, 1.165) is 19.8 Å². The third-order valence-electron chi connectivity index (χ3n) is 5.86. The molecule has 1 fully saturated rings. The molecule has 1 aliphatic heterocycles. The smallest absolute Gasteiger partial charge is 0.343 e. The minimum absolute atomic E-state index is 0.174. The average Bonchev–Trinajstić information content (AvgIpc) is 2.93. The Bertz CT molecular complexity index is 1480. The third kappa shape index (κ3) is 5.25. The van der Waals surface area contributed by atoms with Crippen LogP contribution in [0.3, 0.4) is 0 Å². The Kier molecular flexibility index (Phi) is 7.40. The Morgan fingerprint density at radius 1 is 0.737 bits per heavy atom. The second kappa shape index (κ2) is 11.0. The molecule has 188 valence electrons. The number of rotatable bonds is 6. The van der Waals surface area contributed by atoms with E-state index in [2.05, 4.69) is 15.9 Å². The van der Waals surface area contributed by atoms with E-state index in [0.29, 0.717) is 27.7 Å². The first-order valence-electron chi connectivity index (χ1n) is 11.6. The van der Waals surface area contributed by atoms with Gasteiger partial charge in [-0.05, 0) is 66.2 Å². The van der Waals surface area contributed by atoms with Crippen LogP contribution in [-0.2, 0) is 16.2 Å². The van der Waals surface area contributed by atoms with Crippen molar-refractivity contribution in [1.82, 2.24) is 0 Å². The van der Waals surface area contributed by atoms with E-state index in [4.69, 9.17) is 16.3 Å². The van der Waals surface area contributed by atoms with Crippen molar-refractivity contribution in [3.05, 3.63) is 129 Å². The summed E-state index contributed by atoms with van der Waals surface area (Å²) in [4.78, 5) is 42.8. The highest BCUT2D eigenvalue weighted by molar-refractivity contribution is 9.10. The molecule has 0 radical (unpaired) electrons. The number of barbiturate groups is 1. The number of carbonyl (C=O) groups excluding carboxylic acids is 3. The quantitative estimate of drug-likeness (QED) is 0.176. The minimum Gasteiger partial charge on any atom is -0.488 e. The summed E-state index contributed by atoms with van der Waals surface area (Å²) in [5, 5.41) is 0.623. The number of amides is 4. The number of hydrogen-bond donors (Lipinski definition) is 0. The Balaban J connectivity index is 1.57. The first kappa shape index (κ1) is 25.4. The van der Waals surface area contributed by atoms with Crippen LogP contribution < -0.4 is 14.5 Å². The number of carbonyl (C=O) groups is 3. The van der Waals surface area contributed by atoms with Crippen LogP contribution in [0.25, 0.3) is 6.08 Å². The molecule has 6 nitrogen and oxygen atoms in total. The fourth-order valence-corrected chi connectivity index (χ4v) is 4.50. The highest BCUT2D eigenvalue weighted by Crippen LogP contribution is 2.32. The summed E-state index contributed by atoms with van der Waals surface area (Å²) < 4.78 is 6.78. The fourth-order valence-electron chi connectivity index (χ4n) is 4.00. The lowest BCUT2D eigenvalue weighted by Crippen LogP contribution is -2.57. The van der Waals surface area contributed by atoms with E-state index < -0.39 is 17.8 Å². The lowest BCUT2D eigenvalue weighted by atomic mass is 10.0. The van der Waals surface area contributed by atoms with Crippen molar-refractivity contribution in [2.24, 2.45) is 0 Å². The van der Waals surface area contributed by atoms with Gasteiger partial charge in [-0.3, -0.25) is 9.59 Å². The van der Waals surface area contributed by atoms with Crippen LogP contribution in [0.2, 0.25) is 5.02 Å². The Morgan fingerprint density at radius 3 is 1.84 bits per heavy atom. The molecule has 1 aliphatic rings. The second-order valence-corrected chi connectivity index (χ2v) is 9.74. The molecule has 38 heavy (non-hydrogen) atoms. The van der Waals surface area contributed by atoms with Gasteiger partial charge < -0.3 is 4.74 Å². The molecule has 4 aromatic carbocycles. The summed E-state index contributed by atoms with van der Waals surface area (Å²) >= 11 is 9.44. The molecule has 0 aromatic heterocycles. The van der Waals surface area contributed by atoms with Crippen molar-refractivity contribution < 1.29 is 19.1 Å². The molecule has 1 saturated heterocycles. The van der Waals surface area contributed by atoms with Gasteiger partial charge in [-0.25, -0.2) is 14.6 Å². The van der Waals surface area contributed by atoms with E-state index in [1.165, 1.54) is 6.08 Å². The van der Waals surface area contributed by atoms with Crippen molar-refractivity contribution in [1.29, 1.82) is 0 Å². The van der Waals surface area contributed by atoms with Crippen LogP contribution in [0.1, 0.15) is 11.1 Å². The predicted molar refractivity (Wildman–Crippen MR) is 151 cm³/mol. The van der Waals surface area contributed by atoms with Gasteiger partial charge in [-0.1, -0.05) is 76.1 Å². The molecule has 0 saturated carbocycles.